The predicted octanol–water partition coefficient (Wildman–Crippen LogP) is 1.49. The summed E-state index contributed by atoms with van der Waals surface area (Å²) in [5.41, 5.74) is 0.204. The molecule has 0 radical (unpaired) electrons. The van der Waals surface area contributed by atoms with Crippen LogP contribution in [0.25, 0.3) is 0 Å². The van der Waals surface area contributed by atoms with Crippen LogP contribution >= 0.6 is 0 Å². The molecule has 0 spiro atoms. The molecule has 0 amide bonds. The Morgan fingerprint density at radius 3 is 2.94 bits per heavy atom. The number of piperidine rings is 1. The minimum atomic E-state index is 0.204. The monoisotopic (exact) mass is 226 g/mol. The van der Waals surface area contributed by atoms with Crippen molar-refractivity contribution in [2.24, 2.45) is 5.92 Å². The minimum Gasteiger partial charge on any atom is -0.377 e. The second-order valence-corrected chi connectivity index (χ2v) is 5.83. The van der Waals surface area contributed by atoms with Crippen LogP contribution in [0.1, 0.15) is 33.1 Å². The standard InChI is InChI=1S/C13H26N2O/c1-11-13(2,6-8-16-11)14-9-12-5-4-7-15(3)10-12/h11-12,14H,4-10H2,1-3H3. The van der Waals surface area contributed by atoms with Gasteiger partial charge in [0.15, 0.2) is 0 Å². The van der Waals surface area contributed by atoms with Gasteiger partial charge in [-0.05, 0) is 59.2 Å². The van der Waals surface area contributed by atoms with E-state index in [0.717, 1.165) is 25.5 Å². The highest BCUT2D eigenvalue weighted by Gasteiger charge is 2.36. The average molecular weight is 226 g/mol. The Morgan fingerprint density at radius 1 is 1.50 bits per heavy atom. The fourth-order valence-electron chi connectivity index (χ4n) is 2.88. The van der Waals surface area contributed by atoms with Crippen molar-refractivity contribution >= 4 is 0 Å². The third kappa shape index (κ3) is 2.76. The van der Waals surface area contributed by atoms with Crippen molar-refractivity contribution in [2.45, 2.75) is 44.8 Å². The van der Waals surface area contributed by atoms with Crippen LogP contribution in [0.15, 0.2) is 0 Å². The average Bonchev–Trinajstić information content (AvgIpc) is 2.58. The molecule has 0 aliphatic carbocycles. The van der Waals surface area contributed by atoms with Gasteiger partial charge in [0.25, 0.3) is 0 Å². The van der Waals surface area contributed by atoms with Gasteiger partial charge < -0.3 is 15.0 Å². The summed E-state index contributed by atoms with van der Waals surface area (Å²) in [6.45, 7) is 9.07. The van der Waals surface area contributed by atoms with Crippen molar-refractivity contribution in [3.8, 4) is 0 Å². The van der Waals surface area contributed by atoms with Gasteiger partial charge in [-0.3, -0.25) is 0 Å². The van der Waals surface area contributed by atoms with E-state index in [9.17, 15) is 0 Å². The zero-order valence-electron chi connectivity index (χ0n) is 11.0. The first-order chi connectivity index (χ1) is 7.60. The van der Waals surface area contributed by atoms with Gasteiger partial charge in [0.1, 0.15) is 0 Å². The van der Waals surface area contributed by atoms with Gasteiger partial charge >= 0.3 is 0 Å². The molecule has 2 aliphatic rings. The van der Waals surface area contributed by atoms with Crippen LogP contribution in [0.2, 0.25) is 0 Å². The SMILES string of the molecule is CC1OCCC1(C)NCC1CCCN(C)C1. The Bertz CT molecular complexity index is 234. The summed E-state index contributed by atoms with van der Waals surface area (Å²) in [5, 5.41) is 3.75. The lowest BCUT2D eigenvalue weighted by Crippen LogP contribution is -2.51. The Labute approximate surface area is 99.5 Å². The molecule has 2 saturated heterocycles. The number of ether oxygens (including phenoxy) is 1. The summed E-state index contributed by atoms with van der Waals surface area (Å²) >= 11 is 0. The zero-order valence-corrected chi connectivity index (χ0v) is 11.0. The van der Waals surface area contributed by atoms with E-state index >= 15 is 0 Å². The summed E-state index contributed by atoms with van der Waals surface area (Å²) < 4.78 is 5.66. The molecule has 0 aromatic carbocycles. The molecule has 0 saturated carbocycles. The van der Waals surface area contributed by atoms with Gasteiger partial charge in [-0.15, -0.1) is 0 Å². The minimum absolute atomic E-state index is 0.204. The van der Waals surface area contributed by atoms with Crippen molar-refractivity contribution in [1.29, 1.82) is 0 Å². The van der Waals surface area contributed by atoms with E-state index in [4.69, 9.17) is 4.74 Å². The number of likely N-dealkylation sites (tertiary alicyclic amines) is 1. The van der Waals surface area contributed by atoms with Crippen molar-refractivity contribution in [3.63, 3.8) is 0 Å². The van der Waals surface area contributed by atoms with Crippen molar-refractivity contribution in [1.82, 2.24) is 10.2 Å². The fourth-order valence-corrected chi connectivity index (χ4v) is 2.88. The maximum Gasteiger partial charge on any atom is 0.0726 e. The maximum atomic E-state index is 5.66. The van der Waals surface area contributed by atoms with Gasteiger partial charge in [-0.2, -0.15) is 0 Å². The summed E-state index contributed by atoms with van der Waals surface area (Å²) in [7, 11) is 2.23. The third-order valence-corrected chi connectivity index (χ3v) is 4.40. The highest BCUT2D eigenvalue weighted by Crippen LogP contribution is 2.26. The number of nitrogens with zero attached hydrogens (tertiary/aromatic N) is 1. The summed E-state index contributed by atoms with van der Waals surface area (Å²) in [5.74, 6) is 0.823. The highest BCUT2D eigenvalue weighted by molar-refractivity contribution is 4.94. The Hall–Kier alpha value is -0.120. The van der Waals surface area contributed by atoms with Gasteiger partial charge in [-0.25, -0.2) is 0 Å². The Balaban J connectivity index is 1.78. The van der Waals surface area contributed by atoms with E-state index < -0.39 is 0 Å². The maximum absolute atomic E-state index is 5.66. The molecular weight excluding hydrogens is 200 g/mol. The van der Waals surface area contributed by atoms with Gasteiger partial charge in [0.2, 0.25) is 0 Å². The third-order valence-electron chi connectivity index (χ3n) is 4.40. The largest absolute Gasteiger partial charge is 0.377 e. The van der Waals surface area contributed by atoms with Crippen molar-refractivity contribution < 1.29 is 4.74 Å². The molecule has 0 aromatic heterocycles. The normalized spacial score (nSPS) is 41.4. The Kier molecular flexibility index (Phi) is 3.88. The number of nitrogens with one attached hydrogen (secondary N) is 1. The zero-order chi connectivity index (χ0) is 11.6. The highest BCUT2D eigenvalue weighted by atomic mass is 16.5. The first-order valence-electron chi connectivity index (χ1n) is 6.65. The van der Waals surface area contributed by atoms with Crippen LogP contribution in [-0.4, -0.2) is 49.8 Å². The van der Waals surface area contributed by atoms with Crippen LogP contribution in [-0.2, 0) is 4.74 Å². The molecule has 3 unspecified atom stereocenters. The van der Waals surface area contributed by atoms with Crippen LogP contribution in [0.5, 0.6) is 0 Å². The lowest BCUT2D eigenvalue weighted by Gasteiger charge is -2.34. The number of rotatable bonds is 3. The van der Waals surface area contributed by atoms with Gasteiger partial charge in [0, 0.05) is 18.7 Å². The molecule has 2 fully saturated rings. The molecular formula is C13H26N2O. The predicted molar refractivity (Wildman–Crippen MR) is 66.7 cm³/mol. The van der Waals surface area contributed by atoms with E-state index in [1.165, 1.54) is 25.9 Å². The topological polar surface area (TPSA) is 24.5 Å². The molecule has 0 bridgehead atoms. The van der Waals surface area contributed by atoms with E-state index in [1.807, 2.05) is 0 Å². The Morgan fingerprint density at radius 2 is 2.31 bits per heavy atom. The molecule has 2 heterocycles. The van der Waals surface area contributed by atoms with E-state index in [0.29, 0.717) is 6.10 Å². The molecule has 1 N–H and O–H groups in total. The second kappa shape index (κ2) is 5.03. The van der Waals surface area contributed by atoms with Crippen LogP contribution < -0.4 is 5.32 Å². The molecule has 3 heteroatoms. The molecule has 16 heavy (non-hydrogen) atoms. The number of hydrogen-bond donors (Lipinski definition) is 1. The van der Waals surface area contributed by atoms with Crippen LogP contribution in [0.4, 0.5) is 0 Å². The van der Waals surface area contributed by atoms with Crippen LogP contribution in [0, 0.1) is 5.92 Å². The second-order valence-electron chi connectivity index (χ2n) is 5.83. The smallest absolute Gasteiger partial charge is 0.0726 e. The molecule has 94 valence electrons. The first-order valence-corrected chi connectivity index (χ1v) is 6.65. The molecule has 2 aliphatic heterocycles. The van der Waals surface area contributed by atoms with Crippen LogP contribution in [0.3, 0.4) is 0 Å². The van der Waals surface area contributed by atoms with Gasteiger partial charge in [-0.1, -0.05) is 0 Å². The number of hydrogen-bond acceptors (Lipinski definition) is 3. The lowest BCUT2D eigenvalue weighted by molar-refractivity contribution is 0.0846. The first kappa shape index (κ1) is 12.3. The molecule has 2 rings (SSSR count). The molecule has 3 atom stereocenters. The fraction of sp³-hybridized carbons (Fsp3) is 1.00. The lowest BCUT2D eigenvalue weighted by atomic mass is 9.92. The summed E-state index contributed by atoms with van der Waals surface area (Å²) in [6, 6.07) is 0. The summed E-state index contributed by atoms with van der Waals surface area (Å²) in [6.07, 6.45) is 4.24. The molecule has 0 aromatic rings. The van der Waals surface area contributed by atoms with Crippen molar-refractivity contribution in [3.05, 3.63) is 0 Å². The van der Waals surface area contributed by atoms with E-state index in [2.05, 4.69) is 31.1 Å². The van der Waals surface area contributed by atoms with Gasteiger partial charge in [0.05, 0.1) is 6.10 Å². The quantitative estimate of drug-likeness (QED) is 0.789. The van der Waals surface area contributed by atoms with E-state index in [-0.39, 0.29) is 5.54 Å². The van der Waals surface area contributed by atoms with Crippen molar-refractivity contribution in [2.75, 3.05) is 33.3 Å². The van der Waals surface area contributed by atoms with E-state index in [1.54, 1.807) is 0 Å². The summed E-state index contributed by atoms with van der Waals surface area (Å²) in [4.78, 5) is 2.45. The molecule has 3 nitrogen and oxygen atoms in total.